The molecule has 0 saturated carbocycles. The minimum absolute atomic E-state index is 0.0547. The van der Waals surface area contributed by atoms with Crippen molar-refractivity contribution < 1.29 is 19.1 Å². The summed E-state index contributed by atoms with van der Waals surface area (Å²) >= 11 is 0. The average Bonchev–Trinajstić information content (AvgIpc) is 2.94. The molecule has 1 atom stereocenters. The summed E-state index contributed by atoms with van der Waals surface area (Å²) in [6.07, 6.45) is 1.56. The third-order valence-electron chi connectivity index (χ3n) is 3.89. The molecule has 6 nitrogen and oxygen atoms in total. The van der Waals surface area contributed by atoms with Crippen LogP contribution < -0.4 is 9.47 Å². The Morgan fingerprint density at radius 2 is 2.19 bits per heavy atom. The standard InChI is InChI=1S/C15H18N2O4/c1-16(2)14(18)9-8-12-10(7-11(9)20-3)15(19)17-6-4-5-13(17)21-12/h7-8,13H,4-6H2,1-3H3. The maximum absolute atomic E-state index is 12.5. The average molecular weight is 290 g/mol. The molecule has 1 fully saturated rings. The molecule has 112 valence electrons. The molecule has 2 aliphatic heterocycles. The number of benzene rings is 1. The molecule has 1 aromatic carbocycles. The number of hydrogen-bond acceptors (Lipinski definition) is 4. The first-order chi connectivity index (χ1) is 10.0. The van der Waals surface area contributed by atoms with Crippen LogP contribution in [0.5, 0.6) is 11.5 Å². The first-order valence-corrected chi connectivity index (χ1v) is 6.94. The topological polar surface area (TPSA) is 59.1 Å². The first kappa shape index (κ1) is 13.7. The molecular weight excluding hydrogens is 272 g/mol. The zero-order chi connectivity index (χ0) is 15.1. The molecule has 2 aliphatic rings. The van der Waals surface area contributed by atoms with Gasteiger partial charge in [-0.05, 0) is 18.6 Å². The third-order valence-corrected chi connectivity index (χ3v) is 3.89. The smallest absolute Gasteiger partial charge is 0.260 e. The van der Waals surface area contributed by atoms with E-state index in [1.54, 1.807) is 31.1 Å². The van der Waals surface area contributed by atoms with Crippen molar-refractivity contribution in [3.63, 3.8) is 0 Å². The van der Waals surface area contributed by atoms with Crippen molar-refractivity contribution in [2.45, 2.75) is 19.1 Å². The van der Waals surface area contributed by atoms with Crippen molar-refractivity contribution >= 4 is 11.8 Å². The van der Waals surface area contributed by atoms with E-state index in [1.165, 1.54) is 12.0 Å². The number of ether oxygens (including phenoxy) is 2. The highest BCUT2D eigenvalue weighted by Crippen LogP contribution is 2.37. The molecule has 0 aliphatic carbocycles. The van der Waals surface area contributed by atoms with Gasteiger partial charge in [0.1, 0.15) is 11.5 Å². The van der Waals surface area contributed by atoms with Crippen LogP contribution in [0, 0.1) is 0 Å². The summed E-state index contributed by atoms with van der Waals surface area (Å²) < 4.78 is 11.1. The highest BCUT2D eigenvalue weighted by molar-refractivity contribution is 6.03. The van der Waals surface area contributed by atoms with Crippen molar-refractivity contribution in [2.24, 2.45) is 0 Å². The van der Waals surface area contributed by atoms with Crippen LogP contribution in [0.15, 0.2) is 12.1 Å². The number of amides is 2. The van der Waals surface area contributed by atoms with Gasteiger partial charge in [-0.15, -0.1) is 0 Å². The van der Waals surface area contributed by atoms with E-state index in [2.05, 4.69) is 0 Å². The van der Waals surface area contributed by atoms with E-state index < -0.39 is 0 Å². The van der Waals surface area contributed by atoms with Crippen LogP contribution >= 0.6 is 0 Å². The Hall–Kier alpha value is -2.24. The highest BCUT2D eigenvalue weighted by atomic mass is 16.5. The van der Waals surface area contributed by atoms with E-state index in [-0.39, 0.29) is 18.0 Å². The molecule has 2 heterocycles. The van der Waals surface area contributed by atoms with Gasteiger partial charge in [-0.1, -0.05) is 0 Å². The molecule has 21 heavy (non-hydrogen) atoms. The normalized spacial score (nSPS) is 19.7. The number of nitrogens with zero attached hydrogens (tertiary/aromatic N) is 2. The van der Waals surface area contributed by atoms with Gasteiger partial charge in [0, 0.05) is 27.1 Å². The molecule has 1 aromatic rings. The van der Waals surface area contributed by atoms with Crippen molar-refractivity contribution in [1.29, 1.82) is 0 Å². The quantitative estimate of drug-likeness (QED) is 0.825. The maximum atomic E-state index is 12.5. The number of fused-ring (bicyclic) bond motifs is 2. The Morgan fingerprint density at radius 3 is 2.86 bits per heavy atom. The van der Waals surface area contributed by atoms with E-state index in [4.69, 9.17) is 9.47 Å². The summed E-state index contributed by atoms with van der Waals surface area (Å²) in [5.41, 5.74) is 0.862. The van der Waals surface area contributed by atoms with Crippen LogP contribution in [0.3, 0.4) is 0 Å². The van der Waals surface area contributed by atoms with Crippen LogP contribution in [0.4, 0.5) is 0 Å². The molecule has 1 saturated heterocycles. The van der Waals surface area contributed by atoms with Crippen molar-refractivity contribution in [3.05, 3.63) is 23.3 Å². The fraction of sp³-hybridized carbons (Fsp3) is 0.467. The number of rotatable bonds is 2. The summed E-state index contributed by atoms with van der Waals surface area (Å²) in [6.45, 7) is 0.712. The van der Waals surface area contributed by atoms with Crippen LogP contribution in [0.1, 0.15) is 33.6 Å². The number of carbonyl (C=O) groups excluding carboxylic acids is 2. The van der Waals surface area contributed by atoms with Gasteiger partial charge >= 0.3 is 0 Å². The molecule has 2 amide bonds. The Kier molecular flexibility index (Phi) is 3.23. The molecule has 3 rings (SSSR count). The summed E-state index contributed by atoms with van der Waals surface area (Å²) in [7, 11) is 4.83. The molecule has 0 aromatic heterocycles. The number of hydrogen-bond donors (Lipinski definition) is 0. The SMILES string of the molecule is COc1cc2c(cc1C(=O)N(C)C)OC1CCCN1C2=O. The van der Waals surface area contributed by atoms with Crippen molar-refractivity contribution in [1.82, 2.24) is 9.80 Å². The van der Waals surface area contributed by atoms with E-state index in [0.717, 1.165) is 12.8 Å². The van der Waals surface area contributed by atoms with Gasteiger partial charge < -0.3 is 19.3 Å². The molecule has 0 bridgehead atoms. The molecule has 0 N–H and O–H groups in total. The van der Waals surface area contributed by atoms with Gasteiger partial charge in [-0.25, -0.2) is 0 Å². The van der Waals surface area contributed by atoms with Gasteiger partial charge in [0.05, 0.1) is 18.2 Å². The second-order valence-corrected chi connectivity index (χ2v) is 5.46. The fourth-order valence-corrected chi connectivity index (χ4v) is 2.79. The van der Waals surface area contributed by atoms with E-state index in [9.17, 15) is 9.59 Å². The Balaban J connectivity index is 2.08. The third kappa shape index (κ3) is 2.11. The Labute approximate surface area is 123 Å². The highest BCUT2D eigenvalue weighted by Gasteiger charge is 2.38. The Morgan fingerprint density at radius 1 is 1.43 bits per heavy atom. The van der Waals surface area contributed by atoms with E-state index in [0.29, 0.717) is 29.2 Å². The predicted molar refractivity (Wildman–Crippen MR) is 75.7 cm³/mol. The van der Waals surface area contributed by atoms with Crippen molar-refractivity contribution in [2.75, 3.05) is 27.7 Å². The summed E-state index contributed by atoms with van der Waals surface area (Å²) in [4.78, 5) is 27.9. The van der Waals surface area contributed by atoms with E-state index in [1.807, 2.05) is 0 Å². The minimum Gasteiger partial charge on any atom is -0.496 e. The lowest BCUT2D eigenvalue weighted by Gasteiger charge is -2.32. The van der Waals surface area contributed by atoms with Gasteiger partial charge in [0.25, 0.3) is 11.8 Å². The number of methoxy groups -OCH3 is 1. The summed E-state index contributed by atoms with van der Waals surface area (Å²) in [6, 6.07) is 3.22. The molecular formula is C15H18N2O4. The van der Waals surface area contributed by atoms with Gasteiger partial charge in [-0.2, -0.15) is 0 Å². The summed E-state index contributed by atoms with van der Waals surface area (Å²) in [5, 5.41) is 0. The fourth-order valence-electron chi connectivity index (χ4n) is 2.79. The van der Waals surface area contributed by atoms with Crippen LogP contribution in [-0.4, -0.2) is 55.6 Å². The van der Waals surface area contributed by atoms with E-state index >= 15 is 0 Å². The van der Waals surface area contributed by atoms with Gasteiger partial charge in [-0.3, -0.25) is 9.59 Å². The van der Waals surface area contributed by atoms with Gasteiger partial charge in [0.15, 0.2) is 6.23 Å². The zero-order valence-corrected chi connectivity index (χ0v) is 12.4. The zero-order valence-electron chi connectivity index (χ0n) is 12.4. The second-order valence-electron chi connectivity index (χ2n) is 5.46. The predicted octanol–water partition coefficient (Wildman–Crippen LogP) is 1.35. The largest absolute Gasteiger partial charge is 0.496 e. The lowest BCUT2D eigenvalue weighted by molar-refractivity contribution is 0.0291. The second kappa shape index (κ2) is 4.95. The van der Waals surface area contributed by atoms with Crippen LogP contribution in [0.25, 0.3) is 0 Å². The summed E-state index contributed by atoms with van der Waals surface area (Å²) in [5.74, 6) is 0.622. The van der Waals surface area contributed by atoms with Crippen LogP contribution in [-0.2, 0) is 0 Å². The molecule has 6 heteroatoms. The molecule has 0 radical (unpaired) electrons. The van der Waals surface area contributed by atoms with Gasteiger partial charge in [0.2, 0.25) is 0 Å². The Bertz CT molecular complexity index is 612. The number of carbonyl (C=O) groups is 2. The first-order valence-electron chi connectivity index (χ1n) is 6.94. The lowest BCUT2D eigenvalue weighted by atomic mass is 10.1. The van der Waals surface area contributed by atoms with Crippen LogP contribution in [0.2, 0.25) is 0 Å². The lowest BCUT2D eigenvalue weighted by Crippen LogP contribution is -2.43. The monoisotopic (exact) mass is 290 g/mol. The maximum Gasteiger partial charge on any atom is 0.260 e. The van der Waals surface area contributed by atoms with Crippen molar-refractivity contribution in [3.8, 4) is 11.5 Å². The molecule has 1 unspecified atom stereocenters. The minimum atomic E-state index is -0.208. The molecule has 0 spiro atoms.